The Balaban J connectivity index is 1.55. The molecule has 0 amide bonds. The number of rotatable bonds is 5. The van der Waals surface area contributed by atoms with Crippen molar-refractivity contribution in [3.8, 4) is 5.75 Å². The van der Waals surface area contributed by atoms with Gasteiger partial charge in [-0.15, -0.1) is 0 Å². The van der Waals surface area contributed by atoms with E-state index in [2.05, 4.69) is 4.98 Å². The molecule has 5 heteroatoms. The van der Waals surface area contributed by atoms with Gasteiger partial charge in [-0.3, -0.25) is 4.79 Å². The zero-order valence-electron chi connectivity index (χ0n) is 14.7. The molecule has 0 spiro atoms. The van der Waals surface area contributed by atoms with Gasteiger partial charge in [0.1, 0.15) is 11.3 Å². The lowest BCUT2D eigenvalue weighted by Gasteiger charge is -2.10. The number of para-hydroxylation sites is 1. The SMILES string of the molecule is COc1cc2ccccc2cc1C(=O)OCC(=O)c1c[nH]c2ccccc12. The van der Waals surface area contributed by atoms with Gasteiger partial charge in [-0.25, -0.2) is 4.79 Å². The number of benzene rings is 3. The van der Waals surface area contributed by atoms with E-state index in [1.165, 1.54) is 7.11 Å². The van der Waals surface area contributed by atoms with Crippen LogP contribution in [0.4, 0.5) is 0 Å². The predicted molar refractivity (Wildman–Crippen MR) is 103 cm³/mol. The second-order valence-corrected chi connectivity index (χ2v) is 6.15. The van der Waals surface area contributed by atoms with E-state index < -0.39 is 5.97 Å². The molecular weight excluding hydrogens is 342 g/mol. The summed E-state index contributed by atoms with van der Waals surface area (Å²) in [5, 5.41) is 2.66. The van der Waals surface area contributed by atoms with Crippen molar-refractivity contribution in [2.75, 3.05) is 13.7 Å². The topological polar surface area (TPSA) is 68.4 Å². The number of fused-ring (bicyclic) bond motifs is 2. The summed E-state index contributed by atoms with van der Waals surface area (Å²) >= 11 is 0. The van der Waals surface area contributed by atoms with E-state index >= 15 is 0 Å². The number of aromatic nitrogens is 1. The fourth-order valence-electron chi connectivity index (χ4n) is 3.14. The molecule has 1 heterocycles. The van der Waals surface area contributed by atoms with E-state index in [-0.39, 0.29) is 12.4 Å². The average Bonchev–Trinajstić information content (AvgIpc) is 3.15. The number of aromatic amines is 1. The van der Waals surface area contributed by atoms with Crippen molar-refractivity contribution in [3.05, 3.63) is 78.0 Å². The molecular formula is C22H17NO4. The Morgan fingerprint density at radius 1 is 0.926 bits per heavy atom. The van der Waals surface area contributed by atoms with Crippen LogP contribution in [0.3, 0.4) is 0 Å². The molecule has 0 radical (unpaired) electrons. The van der Waals surface area contributed by atoms with E-state index in [1.54, 1.807) is 18.3 Å². The largest absolute Gasteiger partial charge is 0.496 e. The van der Waals surface area contributed by atoms with Gasteiger partial charge in [-0.05, 0) is 29.0 Å². The third-order valence-corrected chi connectivity index (χ3v) is 4.51. The molecule has 4 rings (SSSR count). The minimum absolute atomic E-state index is 0.263. The highest BCUT2D eigenvalue weighted by Gasteiger charge is 2.18. The number of Topliss-reactive ketones (excluding diaryl/α,β-unsaturated/α-hetero) is 1. The lowest BCUT2D eigenvalue weighted by atomic mass is 10.1. The lowest BCUT2D eigenvalue weighted by molar-refractivity contribution is 0.0472. The van der Waals surface area contributed by atoms with Crippen molar-refractivity contribution in [1.29, 1.82) is 0 Å². The number of hydrogen-bond donors (Lipinski definition) is 1. The van der Waals surface area contributed by atoms with Gasteiger partial charge < -0.3 is 14.5 Å². The molecule has 4 aromatic rings. The molecule has 0 fully saturated rings. The van der Waals surface area contributed by atoms with Crippen LogP contribution >= 0.6 is 0 Å². The number of hydrogen-bond acceptors (Lipinski definition) is 4. The molecule has 0 unspecified atom stereocenters. The lowest BCUT2D eigenvalue weighted by Crippen LogP contribution is -2.14. The molecule has 5 nitrogen and oxygen atoms in total. The molecule has 0 aliphatic heterocycles. The summed E-state index contributed by atoms with van der Waals surface area (Å²) in [5.41, 5.74) is 1.66. The van der Waals surface area contributed by atoms with Crippen LogP contribution in [0.25, 0.3) is 21.7 Å². The maximum Gasteiger partial charge on any atom is 0.342 e. The van der Waals surface area contributed by atoms with E-state index in [4.69, 9.17) is 9.47 Å². The standard InChI is InChI=1S/C22H17NO4/c1-26-21-11-15-7-3-2-6-14(15)10-17(21)22(25)27-13-20(24)18-12-23-19-9-5-4-8-16(18)19/h2-12,23H,13H2,1H3. The van der Waals surface area contributed by atoms with Crippen LogP contribution in [0.1, 0.15) is 20.7 Å². The second kappa shape index (κ2) is 6.96. The average molecular weight is 359 g/mol. The first-order chi connectivity index (χ1) is 13.2. The Bertz CT molecular complexity index is 1160. The van der Waals surface area contributed by atoms with Crippen LogP contribution in [0, 0.1) is 0 Å². The van der Waals surface area contributed by atoms with Crippen molar-refractivity contribution in [2.24, 2.45) is 0 Å². The van der Waals surface area contributed by atoms with E-state index in [9.17, 15) is 9.59 Å². The molecule has 0 aliphatic carbocycles. The van der Waals surface area contributed by atoms with Crippen molar-refractivity contribution in [2.45, 2.75) is 0 Å². The van der Waals surface area contributed by atoms with Crippen molar-refractivity contribution < 1.29 is 19.1 Å². The predicted octanol–water partition coefficient (Wildman–Crippen LogP) is 4.37. The van der Waals surface area contributed by atoms with Gasteiger partial charge in [-0.2, -0.15) is 0 Å². The maximum atomic E-state index is 12.5. The molecule has 1 N–H and O–H groups in total. The van der Waals surface area contributed by atoms with Gasteiger partial charge in [0.15, 0.2) is 6.61 Å². The van der Waals surface area contributed by atoms with E-state index in [0.29, 0.717) is 16.9 Å². The smallest absolute Gasteiger partial charge is 0.342 e. The second-order valence-electron chi connectivity index (χ2n) is 6.15. The Morgan fingerprint density at radius 2 is 1.63 bits per heavy atom. The first kappa shape index (κ1) is 16.8. The van der Waals surface area contributed by atoms with Gasteiger partial charge in [0.05, 0.1) is 7.11 Å². The Morgan fingerprint density at radius 3 is 2.41 bits per heavy atom. The van der Waals surface area contributed by atoms with Crippen molar-refractivity contribution >= 4 is 33.4 Å². The van der Waals surface area contributed by atoms with Crippen LogP contribution in [-0.4, -0.2) is 30.5 Å². The molecule has 3 aromatic carbocycles. The highest BCUT2D eigenvalue weighted by atomic mass is 16.5. The highest BCUT2D eigenvalue weighted by Crippen LogP contribution is 2.27. The zero-order valence-corrected chi connectivity index (χ0v) is 14.7. The summed E-state index contributed by atoms with van der Waals surface area (Å²) in [6.45, 7) is -0.337. The normalized spacial score (nSPS) is 10.9. The molecule has 0 saturated carbocycles. The Kier molecular flexibility index (Phi) is 4.34. The zero-order chi connectivity index (χ0) is 18.8. The monoisotopic (exact) mass is 359 g/mol. The van der Waals surface area contributed by atoms with Gasteiger partial charge >= 0.3 is 5.97 Å². The summed E-state index contributed by atoms with van der Waals surface area (Å²) < 4.78 is 10.6. The number of carbonyl (C=O) groups is 2. The van der Waals surface area contributed by atoms with Crippen LogP contribution in [0.5, 0.6) is 5.75 Å². The molecule has 0 aliphatic rings. The highest BCUT2D eigenvalue weighted by molar-refractivity contribution is 6.09. The fourth-order valence-corrected chi connectivity index (χ4v) is 3.14. The van der Waals surface area contributed by atoms with Gasteiger partial charge in [0.25, 0.3) is 0 Å². The molecule has 134 valence electrons. The molecule has 1 aromatic heterocycles. The van der Waals surface area contributed by atoms with Crippen LogP contribution < -0.4 is 4.74 Å². The molecule has 0 bridgehead atoms. The number of nitrogens with one attached hydrogen (secondary N) is 1. The van der Waals surface area contributed by atoms with Gasteiger partial charge in [-0.1, -0.05) is 42.5 Å². The number of ether oxygens (including phenoxy) is 2. The van der Waals surface area contributed by atoms with Crippen LogP contribution in [0.15, 0.2) is 66.9 Å². The molecule has 0 atom stereocenters. The number of H-pyrrole nitrogens is 1. The summed E-state index contributed by atoms with van der Waals surface area (Å²) in [6, 6.07) is 18.6. The first-order valence-electron chi connectivity index (χ1n) is 8.50. The minimum atomic E-state index is -0.592. The van der Waals surface area contributed by atoms with E-state index in [1.807, 2.05) is 48.5 Å². The summed E-state index contributed by atoms with van der Waals surface area (Å²) in [7, 11) is 1.50. The van der Waals surface area contributed by atoms with E-state index in [0.717, 1.165) is 21.7 Å². The third kappa shape index (κ3) is 3.15. The Labute approximate surface area is 155 Å². The molecule has 27 heavy (non-hydrogen) atoms. The number of methoxy groups -OCH3 is 1. The first-order valence-corrected chi connectivity index (χ1v) is 8.50. The minimum Gasteiger partial charge on any atom is -0.496 e. The quantitative estimate of drug-likeness (QED) is 0.424. The van der Waals surface area contributed by atoms with Crippen LogP contribution in [0.2, 0.25) is 0 Å². The summed E-state index contributed by atoms with van der Waals surface area (Å²) in [4.78, 5) is 28.1. The number of esters is 1. The summed E-state index contributed by atoms with van der Waals surface area (Å²) in [5.74, 6) is -0.440. The fraction of sp³-hybridized carbons (Fsp3) is 0.0909. The molecule has 0 saturated heterocycles. The van der Waals surface area contributed by atoms with Gasteiger partial charge in [0, 0.05) is 22.7 Å². The number of ketones is 1. The maximum absolute atomic E-state index is 12.5. The van der Waals surface area contributed by atoms with Crippen molar-refractivity contribution in [3.63, 3.8) is 0 Å². The number of carbonyl (C=O) groups excluding carboxylic acids is 2. The van der Waals surface area contributed by atoms with Crippen molar-refractivity contribution in [1.82, 2.24) is 4.98 Å². The Hall–Kier alpha value is -3.60. The van der Waals surface area contributed by atoms with Crippen LogP contribution in [-0.2, 0) is 4.74 Å². The third-order valence-electron chi connectivity index (χ3n) is 4.51. The van der Waals surface area contributed by atoms with Gasteiger partial charge in [0.2, 0.25) is 5.78 Å². The summed E-state index contributed by atoms with van der Waals surface area (Å²) in [6.07, 6.45) is 1.64.